The van der Waals surface area contributed by atoms with Gasteiger partial charge in [0.2, 0.25) is 0 Å². The number of anilines is 1. The fraction of sp³-hybridized carbons (Fsp3) is 0.692. The van der Waals surface area contributed by atoms with Crippen LogP contribution in [0.4, 0.5) is 5.69 Å². The minimum absolute atomic E-state index is 0. The second kappa shape index (κ2) is 17.8. The van der Waals surface area contributed by atoms with Crippen LogP contribution in [0.2, 0.25) is 0 Å². The summed E-state index contributed by atoms with van der Waals surface area (Å²) in [6, 6.07) is 6.66. The molecule has 1 aliphatic rings. The summed E-state index contributed by atoms with van der Waals surface area (Å²) in [7, 11) is -4.52. The number of unbranched alkanes of at least 4 members (excludes halogenated alkanes) is 10. The molecule has 0 spiro atoms. The molecule has 0 saturated carbocycles. The zero-order chi connectivity index (χ0) is 23.1. The van der Waals surface area contributed by atoms with Crippen LogP contribution in [0.1, 0.15) is 96.8 Å². The number of allylic oxidation sites excluding steroid dienone is 2. The second-order valence-corrected chi connectivity index (χ2v) is 10.2. The van der Waals surface area contributed by atoms with Gasteiger partial charge in [-0.3, -0.25) is 4.31 Å². The van der Waals surface area contributed by atoms with E-state index in [1.54, 1.807) is 24.3 Å². The van der Waals surface area contributed by atoms with Gasteiger partial charge in [0, 0.05) is 6.54 Å². The van der Waals surface area contributed by atoms with E-state index >= 15 is 0 Å². The third-order valence-corrected chi connectivity index (χ3v) is 7.19. The first kappa shape index (κ1) is 30.5. The Kier molecular flexibility index (Phi) is 16.5. The van der Waals surface area contributed by atoms with E-state index in [0.717, 1.165) is 23.1 Å². The van der Waals surface area contributed by atoms with Gasteiger partial charge in [0.05, 0.1) is 12.3 Å². The fourth-order valence-corrected chi connectivity index (χ4v) is 5.17. The minimum Gasteiger partial charge on any atom is -0.731 e. The molecule has 0 amide bonds. The molecule has 7 heteroatoms. The molecule has 1 aliphatic carbocycles. The van der Waals surface area contributed by atoms with Crippen molar-refractivity contribution in [3.63, 3.8) is 0 Å². The number of rotatable bonds is 18. The Balaban J connectivity index is 0.00000544. The van der Waals surface area contributed by atoms with E-state index in [2.05, 4.69) is 12.2 Å². The predicted molar refractivity (Wildman–Crippen MR) is 132 cm³/mol. The van der Waals surface area contributed by atoms with Gasteiger partial charge in [-0.2, -0.15) is 0 Å². The zero-order valence-electron chi connectivity index (χ0n) is 20.8. The molecule has 1 aromatic carbocycles. The third-order valence-electron chi connectivity index (χ3n) is 6.25. The molecule has 0 aromatic heterocycles. The van der Waals surface area contributed by atoms with Crippen LogP contribution in [-0.2, 0) is 10.3 Å². The molecule has 0 bridgehead atoms. The van der Waals surface area contributed by atoms with Gasteiger partial charge in [-0.05, 0) is 62.8 Å². The van der Waals surface area contributed by atoms with Crippen LogP contribution in [0, 0.1) is 5.92 Å². The van der Waals surface area contributed by atoms with Gasteiger partial charge >= 0.3 is 29.6 Å². The molecule has 0 saturated heterocycles. The summed E-state index contributed by atoms with van der Waals surface area (Å²) in [6.07, 6.45) is 22.0. The van der Waals surface area contributed by atoms with Gasteiger partial charge in [-0.15, -0.1) is 0 Å². The summed E-state index contributed by atoms with van der Waals surface area (Å²) in [5, 5.41) is 0. The van der Waals surface area contributed by atoms with Gasteiger partial charge in [0.15, 0.2) is 10.3 Å². The molecule has 0 aliphatic heterocycles. The number of nitrogens with zero attached hydrogens (tertiary/aromatic N) is 1. The van der Waals surface area contributed by atoms with Gasteiger partial charge in [0.25, 0.3) is 0 Å². The van der Waals surface area contributed by atoms with Crippen molar-refractivity contribution in [3.05, 3.63) is 36.4 Å². The molecular weight excluding hydrogens is 445 g/mol. The number of ether oxygens (including phenoxy) is 1. The Labute approximate surface area is 224 Å². The molecular formula is C26H42NNaO4S. The Bertz CT molecular complexity index is 752. The zero-order valence-corrected chi connectivity index (χ0v) is 23.7. The maximum atomic E-state index is 11.7. The molecule has 33 heavy (non-hydrogen) atoms. The van der Waals surface area contributed by atoms with Crippen molar-refractivity contribution in [1.82, 2.24) is 0 Å². The molecule has 2 rings (SSSR count). The Morgan fingerprint density at radius 1 is 0.909 bits per heavy atom. The summed E-state index contributed by atoms with van der Waals surface area (Å²) in [5.41, 5.74) is 0.406. The smallest absolute Gasteiger partial charge is 0.731 e. The van der Waals surface area contributed by atoms with Crippen LogP contribution in [0.5, 0.6) is 5.75 Å². The summed E-state index contributed by atoms with van der Waals surface area (Å²) < 4.78 is 41.4. The maximum absolute atomic E-state index is 11.7. The fourth-order valence-electron chi connectivity index (χ4n) is 4.43. The van der Waals surface area contributed by atoms with E-state index in [9.17, 15) is 13.0 Å². The van der Waals surface area contributed by atoms with Gasteiger partial charge in [0.1, 0.15) is 5.75 Å². The van der Waals surface area contributed by atoms with Crippen LogP contribution >= 0.6 is 0 Å². The first-order valence-corrected chi connectivity index (χ1v) is 14.0. The van der Waals surface area contributed by atoms with Crippen molar-refractivity contribution in [3.8, 4) is 5.75 Å². The van der Waals surface area contributed by atoms with Crippen LogP contribution in [0.15, 0.2) is 36.4 Å². The molecule has 0 N–H and O–H groups in total. The van der Waals surface area contributed by atoms with E-state index in [4.69, 9.17) is 4.74 Å². The second-order valence-electron chi connectivity index (χ2n) is 8.90. The van der Waals surface area contributed by atoms with Crippen molar-refractivity contribution < 1.29 is 47.3 Å². The van der Waals surface area contributed by atoms with E-state index in [-0.39, 0.29) is 36.1 Å². The van der Waals surface area contributed by atoms with Crippen LogP contribution in [0.25, 0.3) is 0 Å². The van der Waals surface area contributed by atoms with Crippen LogP contribution in [0.3, 0.4) is 0 Å². The summed E-state index contributed by atoms with van der Waals surface area (Å²) >= 11 is 0. The minimum atomic E-state index is -4.52. The molecule has 0 fully saturated rings. The Morgan fingerprint density at radius 2 is 1.45 bits per heavy atom. The summed E-state index contributed by atoms with van der Waals surface area (Å²) in [5.74, 6) is 1.53. The van der Waals surface area contributed by atoms with Gasteiger partial charge in [-0.25, -0.2) is 8.42 Å². The van der Waals surface area contributed by atoms with E-state index in [0.29, 0.717) is 24.5 Å². The Hall–Kier alpha value is -0.530. The van der Waals surface area contributed by atoms with Crippen molar-refractivity contribution >= 4 is 16.0 Å². The number of hydrogen-bond donors (Lipinski definition) is 0. The van der Waals surface area contributed by atoms with Crippen molar-refractivity contribution in [1.29, 1.82) is 0 Å². The molecule has 5 nitrogen and oxygen atoms in total. The topological polar surface area (TPSA) is 69.7 Å². The molecule has 0 heterocycles. The van der Waals surface area contributed by atoms with Crippen LogP contribution in [-0.4, -0.2) is 26.1 Å². The van der Waals surface area contributed by atoms with Crippen molar-refractivity contribution in [2.75, 3.05) is 17.5 Å². The first-order valence-electron chi connectivity index (χ1n) is 12.6. The Morgan fingerprint density at radius 3 is 1.94 bits per heavy atom. The van der Waals surface area contributed by atoms with E-state index < -0.39 is 10.3 Å². The molecule has 1 aromatic rings. The number of hydrogen-bond acceptors (Lipinski definition) is 4. The molecule has 0 radical (unpaired) electrons. The van der Waals surface area contributed by atoms with Crippen molar-refractivity contribution in [2.45, 2.75) is 96.8 Å². The van der Waals surface area contributed by atoms with Gasteiger partial charge < -0.3 is 9.29 Å². The predicted octanol–water partition coefficient (Wildman–Crippen LogP) is 4.00. The standard InChI is InChI=1S/C26H43NO4S.Na/c1-2-31-26-21-19-25(20-22-26)27(32(28,29)30)23-15-11-9-7-5-3-4-6-8-10-12-16-24-17-13-14-18-24;/h13,17,19-22,24H,2-12,14-16,18,23H2,1H3,(H,28,29,30);/q;+1/p-1/t24-;/m1./s1. The molecule has 182 valence electrons. The molecule has 1 atom stereocenters. The maximum Gasteiger partial charge on any atom is 1.00 e. The molecule has 0 unspecified atom stereocenters. The quantitative estimate of drug-likeness (QED) is 0.136. The third kappa shape index (κ3) is 13.2. The monoisotopic (exact) mass is 487 g/mol. The van der Waals surface area contributed by atoms with Crippen molar-refractivity contribution in [2.24, 2.45) is 5.92 Å². The largest absolute Gasteiger partial charge is 1.00 e. The van der Waals surface area contributed by atoms with Crippen LogP contribution < -0.4 is 38.6 Å². The summed E-state index contributed by atoms with van der Waals surface area (Å²) in [4.78, 5) is 0. The normalized spacial score (nSPS) is 15.4. The first-order chi connectivity index (χ1) is 15.5. The summed E-state index contributed by atoms with van der Waals surface area (Å²) in [6.45, 7) is 2.66. The van der Waals surface area contributed by atoms with E-state index in [1.165, 1.54) is 70.6 Å². The van der Waals surface area contributed by atoms with Gasteiger partial charge in [-0.1, -0.05) is 76.4 Å². The number of benzene rings is 1. The average Bonchev–Trinajstić information content (AvgIpc) is 3.28. The SMILES string of the molecule is CCOc1ccc(N(CCCCCCCCCCCCC[C@@H]2C=CCC2)S(=O)(=O)[O-])cc1.[Na+]. The van der Waals surface area contributed by atoms with E-state index in [1.807, 2.05) is 6.92 Å². The average molecular weight is 488 g/mol.